The number of nitrogens with zero attached hydrogens (tertiary/aromatic N) is 2. The van der Waals surface area contributed by atoms with Gasteiger partial charge in [0.1, 0.15) is 5.69 Å². The average molecular weight is 341 g/mol. The summed E-state index contributed by atoms with van der Waals surface area (Å²) >= 11 is 0. The Morgan fingerprint density at radius 2 is 2.21 bits per heavy atom. The molecule has 0 amide bonds. The largest absolute Gasteiger partial charge is 0.494 e. The fourth-order valence-electron chi connectivity index (χ4n) is 2.86. The second-order valence-corrected chi connectivity index (χ2v) is 5.68. The molecule has 132 valence electrons. The number of anilines is 1. The van der Waals surface area contributed by atoms with Crippen molar-refractivity contribution in [2.45, 2.75) is 31.8 Å². The van der Waals surface area contributed by atoms with Crippen LogP contribution in [-0.4, -0.2) is 53.2 Å². The van der Waals surface area contributed by atoms with Gasteiger partial charge in [-0.3, -0.25) is 19.8 Å². The van der Waals surface area contributed by atoms with E-state index in [0.29, 0.717) is 19.4 Å². The molecule has 0 heterocycles. The van der Waals surface area contributed by atoms with E-state index in [1.165, 1.54) is 13.2 Å². The van der Waals surface area contributed by atoms with Crippen LogP contribution >= 0.6 is 0 Å². The minimum absolute atomic E-state index is 0.0294. The smallest absolute Gasteiger partial charge is 0.317 e. The van der Waals surface area contributed by atoms with Gasteiger partial charge in [0.05, 0.1) is 24.6 Å². The molecule has 1 saturated carbocycles. The lowest BCUT2D eigenvalue weighted by Gasteiger charge is -2.42. The number of hydrogen-bond donors (Lipinski definition) is 2. The number of methoxy groups -OCH3 is 1. The first kappa shape index (κ1) is 17.9. The quantitative estimate of drug-likeness (QED) is 0.551. The molecular formula is C15H20FN3O5. The van der Waals surface area contributed by atoms with Gasteiger partial charge in [-0.2, -0.15) is 0 Å². The summed E-state index contributed by atoms with van der Waals surface area (Å²) in [5.74, 6) is -1.74. The summed E-state index contributed by atoms with van der Waals surface area (Å²) in [5, 5.41) is 23.0. The Bertz CT molecular complexity index is 634. The Morgan fingerprint density at radius 3 is 2.71 bits per heavy atom. The van der Waals surface area contributed by atoms with Crippen molar-refractivity contribution in [1.82, 2.24) is 4.90 Å². The molecule has 1 fully saturated rings. The second-order valence-electron chi connectivity index (χ2n) is 5.68. The number of hydrogen-bond acceptors (Lipinski definition) is 6. The highest BCUT2D eigenvalue weighted by Gasteiger charge is 2.35. The number of ether oxygens (including phenoxy) is 1. The van der Waals surface area contributed by atoms with E-state index >= 15 is 0 Å². The van der Waals surface area contributed by atoms with Gasteiger partial charge in [-0.05, 0) is 19.4 Å². The summed E-state index contributed by atoms with van der Waals surface area (Å²) in [5.41, 5.74) is -0.155. The molecule has 1 aliphatic rings. The SMILES string of the molecule is CCN(CC(=O)O)C1CC(Nc2cc(OC)c(F)cc2[N+](=O)[O-])C1. The highest BCUT2D eigenvalue weighted by molar-refractivity contribution is 5.69. The van der Waals surface area contributed by atoms with Gasteiger partial charge in [-0.25, -0.2) is 4.39 Å². The fraction of sp³-hybridized carbons (Fsp3) is 0.533. The third-order valence-corrected chi connectivity index (χ3v) is 4.20. The Balaban J connectivity index is 2.05. The number of halogens is 1. The van der Waals surface area contributed by atoms with E-state index in [0.717, 1.165) is 6.07 Å². The summed E-state index contributed by atoms with van der Waals surface area (Å²) in [4.78, 5) is 23.1. The van der Waals surface area contributed by atoms with Crippen LogP contribution in [0.3, 0.4) is 0 Å². The van der Waals surface area contributed by atoms with Gasteiger partial charge in [0, 0.05) is 18.2 Å². The molecule has 9 heteroatoms. The van der Waals surface area contributed by atoms with E-state index in [-0.39, 0.29) is 35.8 Å². The van der Waals surface area contributed by atoms with Crippen molar-refractivity contribution in [2.24, 2.45) is 0 Å². The molecule has 0 atom stereocenters. The molecule has 0 unspecified atom stereocenters. The zero-order chi connectivity index (χ0) is 17.9. The normalized spacial score (nSPS) is 19.7. The maximum atomic E-state index is 13.6. The molecule has 0 aliphatic heterocycles. The highest BCUT2D eigenvalue weighted by Crippen LogP contribution is 2.35. The molecule has 0 bridgehead atoms. The highest BCUT2D eigenvalue weighted by atomic mass is 19.1. The molecule has 8 nitrogen and oxygen atoms in total. The summed E-state index contributed by atoms with van der Waals surface area (Å²) < 4.78 is 18.5. The number of carboxylic acid groups (broad SMARTS) is 1. The van der Waals surface area contributed by atoms with Crippen molar-refractivity contribution in [3.05, 3.63) is 28.1 Å². The van der Waals surface area contributed by atoms with Crippen molar-refractivity contribution in [3.63, 3.8) is 0 Å². The van der Waals surface area contributed by atoms with Crippen LogP contribution < -0.4 is 10.1 Å². The number of nitrogens with one attached hydrogen (secondary N) is 1. The number of carboxylic acids is 1. The van der Waals surface area contributed by atoms with Gasteiger partial charge in [0.2, 0.25) is 0 Å². The van der Waals surface area contributed by atoms with Crippen LogP contribution in [0, 0.1) is 15.9 Å². The lowest BCUT2D eigenvalue weighted by molar-refractivity contribution is -0.384. The Morgan fingerprint density at radius 1 is 1.54 bits per heavy atom. The van der Waals surface area contributed by atoms with Gasteiger partial charge < -0.3 is 15.2 Å². The van der Waals surface area contributed by atoms with E-state index in [9.17, 15) is 19.3 Å². The maximum Gasteiger partial charge on any atom is 0.317 e. The van der Waals surface area contributed by atoms with Crippen molar-refractivity contribution in [1.29, 1.82) is 0 Å². The zero-order valence-electron chi connectivity index (χ0n) is 13.5. The zero-order valence-corrected chi connectivity index (χ0v) is 13.5. The summed E-state index contributed by atoms with van der Waals surface area (Å²) in [6, 6.07) is 2.19. The second kappa shape index (κ2) is 7.43. The van der Waals surface area contributed by atoms with Crippen LogP contribution in [0.5, 0.6) is 5.75 Å². The van der Waals surface area contributed by atoms with Gasteiger partial charge >= 0.3 is 5.97 Å². The summed E-state index contributed by atoms with van der Waals surface area (Å²) in [7, 11) is 1.29. The molecule has 0 radical (unpaired) electrons. The molecule has 0 spiro atoms. The Kier molecular flexibility index (Phi) is 5.55. The number of aliphatic carboxylic acids is 1. The Hall–Kier alpha value is -2.42. The molecule has 0 aromatic heterocycles. The molecule has 1 aromatic rings. The minimum Gasteiger partial charge on any atom is -0.494 e. The van der Waals surface area contributed by atoms with Crippen LogP contribution in [0.2, 0.25) is 0 Å². The number of nitro groups is 1. The lowest BCUT2D eigenvalue weighted by Crippen LogP contribution is -2.51. The van der Waals surface area contributed by atoms with Crippen LogP contribution in [0.4, 0.5) is 15.8 Å². The molecule has 2 rings (SSSR count). The van der Waals surface area contributed by atoms with Gasteiger partial charge in [0.25, 0.3) is 5.69 Å². The number of benzene rings is 1. The average Bonchev–Trinajstić information content (AvgIpc) is 2.48. The van der Waals surface area contributed by atoms with E-state index in [2.05, 4.69) is 5.32 Å². The third-order valence-electron chi connectivity index (χ3n) is 4.20. The Labute approximate surface area is 138 Å². The number of carbonyl (C=O) groups is 1. The van der Waals surface area contributed by atoms with E-state index < -0.39 is 16.7 Å². The number of rotatable bonds is 8. The van der Waals surface area contributed by atoms with Crippen LogP contribution in [0.1, 0.15) is 19.8 Å². The standard InChI is InChI=1S/C15H20FN3O5/c1-3-18(8-15(20)21)10-4-9(5-10)17-12-7-14(24-2)11(16)6-13(12)19(22)23/h6-7,9-10,17H,3-5,8H2,1-2H3,(H,20,21). The molecule has 2 N–H and O–H groups in total. The molecule has 0 saturated heterocycles. The molecular weight excluding hydrogens is 321 g/mol. The van der Waals surface area contributed by atoms with Crippen molar-refractivity contribution in [2.75, 3.05) is 25.5 Å². The van der Waals surface area contributed by atoms with Crippen molar-refractivity contribution >= 4 is 17.3 Å². The summed E-state index contributed by atoms with van der Waals surface area (Å²) in [6.07, 6.45) is 1.33. The van der Waals surface area contributed by atoms with Crippen LogP contribution in [-0.2, 0) is 4.79 Å². The predicted molar refractivity (Wildman–Crippen MR) is 84.9 cm³/mol. The first-order valence-corrected chi connectivity index (χ1v) is 7.60. The molecule has 1 aromatic carbocycles. The van der Waals surface area contributed by atoms with E-state index in [1.54, 1.807) is 0 Å². The predicted octanol–water partition coefficient (Wildman–Crippen LogP) is 2.09. The number of likely N-dealkylation sites (N-methyl/N-ethyl adjacent to an activating group) is 1. The first-order chi connectivity index (χ1) is 11.3. The topological polar surface area (TPSA) is 105 Å². The maximum absolute atomic E-state index is 13.6. The van der Waals surface area contributed by atoms with E-state index in [1.807, 2.05) is 11.8 Å². The van der Waals surface area contributed by atoms with Crippen LogP contribution in [0.15, 0.2) is 12.1 Å². The van der Waals surface area contributed by atoms with Gasteiger partial charge in [-0.15, -0.1) is 0 Å². The van der Waals surface area contributed by atoms with Crippen molar-refractivity contribution in [3.8, 4) is 5.75 Å². The fourth-order valence-corrected chi connectivity index (χ4v) is 2.86. The minimum atomic E-state index is -0.882. The third kappa shape index (κ3) is 3.91. The van der Waals surface area contributed by atoms with Gasteiger partial charge in [0.15, 0.2) is 11.6 Å². The van der Waals surface area contributed by atoms with Gasteiger partial charge in [-0.1, -0.05) is 6.92 Å². The van der Waals surface area contributed by atoms with Crippen molar-refractivity contribution < 1.29 is 24.0 Å². The molecule has 1 aliphatic carbocycles. The molecule has 24 heavy (non-hydrogen) atoms. The van der Waals surface area contributed by atoms with Crippen LogP contribution in [0.25, 0.3) is 0 Å². The number of nitro benzene ring substituents is 1. The monoisotopic (exact) mass is 341 g/mol. The van der Waals surface area contributed by atoms with E-state index in [4.69, 9.17) is 9.84 Å². The summed E-state index contributed by atoms with van der Waals surface area (Å²) in [6.45, 7) is 2.48. The lowest BCUT2D eigenvalue weighted by atomic mass is 9.85. The first-order valence-electron chi connectivity index (χ1n) is 7.60.